The normalized spacial score (nSPS) is 10.5. The third-order valence-corrected chi connectivity index (χ3v) is 4.64. The van der Waals surface area contributed by atoms with E-state index in [1.807, 2.05) is 60.7 Å². The van der Waals surface area contributed by atoms with Crippen LogP contribution in [0.4, 0.5) is 4.79 Å². The summed E-state index contributed by atoms with van der Waals surface area (Å²) in [6.45, 7) is 0.912. The van der Waals surface area contributed by atoms with Gasteiger partial charge in [-0.2, -0.15) is 0 Å². The first-order valence-corrected chi connectivity index (χ1v) is 8.97. The molecular weight excluding hydrogens is 344 g/mol. The Hall–Kier alpha value is -2.78. The van der Waals surface area contributed by atoms with Crippen LogP contribution in [0, 0.1) is 0 Å². The average Bonchev–Trinajstić information content (AvgIpc) is 2.69. The van der Waals surface area contributed by atoms with Gasteiger partial charge in [-0.15, -0.1) is 0 Å². The third kappa shape index (κ3) is 4.87. The summed E-state index contributed by atoms with van der Waals surface area (Å²) in [5.74, 6) is 0.100. The molecule has 3 nitrogen and oxygen atoms in total. The molecule has 0 aromatic heterocycles. The van der Waals surface area contributed by atoms with Crippen molar-refractivity contribution in [2.24, 2.45) is 0 Å². The van der Waals surface area contributed by atoms with Crippen molar-refractivity contribution in [3.8, 4) is 0 Å². The van der Waals surface area contributed by atoms with Gasteiger partial charge < -0.3 is 10.6 Å². The van der Waals surface area contributed by atoms with Crippen molar-refractivity contribution < 1.29 is 4.79 Å². The summed E-state index contributed by atoms with van der Waals surface area (Å²) in [5, 5.41) is 6.49. The van der Waals surface area contributed by atoms with Crippen LogP contribution >= 0.6 is 11.6 Å². The molecule has 0 fully saturated rings. The molecule has 0 atom stereocenters. The van der Waals surface area contributed by atoms with Crippen molar-refractivity contribution in [1.29, 1.82) is 0 Å². The number of hydrogen-bond acceptors (Lipinski definition) is 1. The maximum atomic E-state index is 12.2. The highest BCUT2D eigenvalue weighted by Gasteiger charge is 2.15. The first-order valence-electron chi connectivity index (χ1n) is 8.59. The van der Waals surface area contributed by atoms with E-state index in [4.69, 9.17) is 11.6 Å². The molecule has 132 valence electrons. The Kier molecular flexibility index (Phi) is 6.29. The highest BCUT2D eigenvalue weighted by molar-refractivity contribution is 6.31. The predicted molar refractivity (Wildman–Crippen MR) is 106 cm³/mol. The lowest BCUT2D eigenvalue weighted by atomic mass is 9.91. The Morgan fingerprint density at radius 2 is 1.31 bits per heavy atom. The van der Waals surface area contributed by atoms with Crippen molar-refractivity contribution in [2.75, 3.05) is 6.54 Å². The van der Waals surface area contributed by atoms with Crippen molar-refractivity contribution in [3.63, 3.8) is 0 Å². The monoisotopic (exact) mass is 364 g/mol. The smallest absolute Gasteiger partial charge is 0.315 e. The molecule has 0 radical (unpaired) electrons. The first kappa shape index (κ1) is 18.0. The molecule has 0 unspecified atom stereocenters. The second kappa shape index (κ2) is 9.07. The maximum Gasteiger partial charge on any atom is 0.315 e. The lowest BCUT2D eigenvalue weighted by molar-refractivity contribution is 0.240. The van der Waals surface area contributed by atoms with Crippen LogP contribution in [0.1, 0.15) is 22.6 Å². The Labute approximate surface area is 159 Å². The van der Waals surface area contributed by atoms with Gasteiger partial charge in [-0.1, -0.05) is 90.5 Å². The number of benzene rings is 3. The standard InChI is InChI=1S/C22H21ClN2O/c23-21-14-8-7-13-19(21)15-24-22(26)25-16-20(17-9-3-1-4-10-17)18-11-5-2-6-12-18/h1-14,20H,15-16H2,(H2,24,25,26). The molecule has 0 saturated heterocycles. The molecule has 4 heteroatoms. The zero-order chi connectivity index (χ0) is 18.2. The van der Waals surface area contributed by atoms with Crippen LogP contribution in [-0.4, -0.2) is 12.6 Å². The summed E-state index contributed by atoms with van der Waals surface area (Å²) in [6.07, 6.45) is 0. The molecule has 3 aromatic carbocycles. The van der Waals surface area contributed by atoms with Crippen LogP contribution in [0.3, 0.4) is 0 Å². The summed E-state index contributed by atoms with van der Waals surface area (Å²) >= 11 is 6.12. The molecule has 2 amide bonds. The molecule has 0 bridgehead atoms. The molecule has 0 aliphatic heterocycles. The Bertz CT molecular complexity index is 798. The number of carbonyl (C=O) groups is 1. The Morgan fingerprint density at radius 1 is 0.769 bits per heavy atom. The van der Waals surface area contributed by atoms with Crippen molar-refractivity contribution in [1.82, 2.24) is 10.6 Å². The van der Waals surface area contributed by atoms with Gasteiger partial charge in [0.2, 0.25) is 0 Å². The van der Waals surface area contributed by atoms with Gasteiger partial charge >= 0.3 is 6.03 Å². The van der Waals surface area contributed by atoms with Gasteiger partial charge in [0.25, 0.3) is 0 Å². The summed E-state index contributed by atoms with van der Waals surface area (Å²) in [6, 6.07) is 27.7. The zero-order valence-electron chi connectivity index (χ0n) is 14.4. The van der Waals surface area contributed by atoms with Gasteiger partial charge in [0.15, 0.2) is 0 Å². The first-order chi connectivity index (χ1) is 12.7. The molecule has 0 spiro atoms. The number of nitrogens with one attached hydrogen (secondary N) is 2. The number of urea groups is 1. The van der Waals surface area contributed by atoms with Crippen molar-refractivity contribution >= 4 is 17.6 Å². The number of halogens is 1. The fourth-order valence-corrected chi connectivity index (χ4v) is 3.08. The summed E-state index contributed by atoms with van der Waals surface area (Å²) in [4.78, 5) is 12.2. The topological polar surface area (TPSA) is 41.1 Å². The van der Waals surface area contributed by atoms with E-state index in [0.717, 1.165) is 5.56 Å². The van der Waals surface area contributed by atoms with Crippen LogP contribution in [0.25, 0.3) is 0 Å². The molecule has 0 heterocycles. The minimum atomic E-state index is -0.207. The number of hydrogen-bond donors (Lipinski definition) is 2. The van der Waals surface area contributed by atoms with E-state index >= 15 is 0 Å². The maximum absolute atomic E-state index is 12.2. The van der Waals surface area contributed by atoms with E-state index in [1.165, 1.54) is 11.1 Å². The quantitative estimate of drug-likeness (QED) is 0.637. The second-order valence-corrected chi connectivity index (χ2v) is 6.44. The van der Waals surface area contributed by atoms with Crippen LogP contribution in [0.2, 0.25) is 5.02 Å². The SMILES string of the molecule is O=C(NCc1ccccc1Cl)NCC(c1ccccc1)c1ccccc1. The molecular formula is C22H21ClN2O. The number of amides is 2. The lowest BCUT2D eigenvalue weighted by Gasteiger charge is -2.19. The van der Waals surface area contributed by atoms with Crippen molar-refractivity contribution in [3.05, 3.63) is 107 Å². The minimum Gasteiger partial charge on any atom is -0.337 e. The van der Waals surface area contributed by atoms with Gasteiger partial charge in [-0.05, 0) is 22.8 Å². The molecule has 3 aromatic rings. The van der Waals surface area contributed by atoms with Crippen LogP contribution < -0.4 is 10.6 Å². The molecule has 0 aliphatic rings. The Morgan fingerprint density at radius 3 is 1.88 bits per heavy atom. The third-order valence-electron chi connectivity index (χ3n) is 4.27. The van der Waals surface area contributed by atoms with Crippen molar-refractivity contribution in [2.45, 2.75) is 12.5 Å². The van der Waals surface area contributed by atoms with E-state index in [9.17, 15) is 4.79 Å². The molecule has 26 heavy (non-hydrogen) atoms. The highest BCUT2D eigenvalue weighted by atomic mass is 35.5. The lowest BCUT2D eigenvalue weighted by Crippen LogP contribution is -2.37. The van der Waals surface area contributed by atoms with Gasteiger partial charge in [0, 0.05) is 24.0 Å². The van der Waals surface area contributed by atoms with E-state index < -0.39 is 0 Å². The van der Waals surface area contributed by atoms with Crippen LogP contribution in [0.5, 0.6) is 0 Å². The Balaban J connectivity index is 1.63. The molecule has 3 rings (SSSR count). The molecule has 0 saturated carbocycles. The summed E-state index contributed by atoms with van der Waals surface area (Å²) < 4.78 is 0. The average molecular weight is 365 g/mol. The van der Waals surface area contributed by atoms with E-state index in [1.54, 1.807) is 0 Å². The van der Waals surface area contributed by atoms with Crippen LogP contribution in [-0.2, 0) is 6.54 Å². The number of carbonyl (C=O) groups excluding carboxylic acids is 1. The van der Waals surface area contributed by atoms with Gasteiger partial charge in [0.1, 0.15) is 0 Å². The fourth-order valence-electron chi connectivity index (χ4n) is 2.87. The highest BCUT2D eigenvalue weighted by Crippen LogP contribution is 2.23. The fraction of sp³-hybridized carbons (Fsp3) is 0.136. The van der Waals surface area contributed by atoms with E-state index in [-0.39, 0.29) is 11.9 Å². The van der Waals surface area contributed by atoms with Gasteiger partial charge in [0.05, 0.1) is 0 Å². The molecule has 2 N–H and O–H groups in total. The van der Waals surface area contributed by atoms with Gasteiger partial charge in [-0.3, -0.25) is 0 Å². The van der Waals surface area contributed by atoms with E-state index in [0.29, 0.717) is 18.1 Å². The predicted octanol–water partition coefficient (Wildman–Crippen LogP) is 4.97. The second-order valence-electron chi connectivity index (χ2n) is 6.03. The van der Waals surface area contributed by atoms with Gasteiger partial charge in [-0.25, -0.2) is 4.79 Å². The van der Waals surface area contributed by atoms with Crippen LogP contribution in [0.15, 0.2) is 84.9 Å². The summed E-state index contributed by atoms with van der Waals surface area (Å²) in [5.41, 5.74) is 3.24. The largest absolute Gasteiger partial charge is 0.337 e. The minimum absolute atomic E-state index is 0.100. The molecule has 0 aliphatic carbocycles. The van der Waals surface area contributed by atoms with E-state index in [2.05, 4.69) is 34.9 Å². The summed E-state index contributed by atoms with van der Waals surface area (Å²) in [7, 11) is 0. The zero-order valence-corrected chi connectivity index (χ0v) is 15.1. The number of rotatable bonds is 6.